The average Bonchev–Trinajstić information content (AvgIpc) is 2.41. The normalized spacial score (nSPS) is 16.9. The lowest BCUT2D eigenvalue weighted by Crippen LogP contribution is -2.24. The number of benzene rings is 1. The van der Waals surface area contributed by atoms with E-state index in [1.165, 1.54) is 12.1 Å². The monoisotopic (exact) mass is 298 g/mol. The van der Waals surface area contributed by atoms with E-state index in [0.717, 1.165) is 19.3 Å². The van der Waals surface area contributed by atoms with Crippen molar-refractivity contribution in [2.45, 2.75) is 30.3 Å². The maximum absolute atomic E-state index is 12.2. The molecular formula is C13H18N2O4S. The number of hydrogen-bond donors (Lipinski definition) is 2. The number of nitrogens with zero attached hydrogens (tertiary/aromatic N) is 1. The molecule has 1 fully saturated rings. The minimum atomic E-state index is -3.42. The van der Waals surface area contributed by atoms with Crippen LogP contribution in [0.25, 0.3) is 0 Å². The fourth-order valence-electron chi connectivity index (χ4n) is 1.89. The van der Waals surface area contributed by atoms with Gasteiger partial charge in [-0.3, -0.25) is 0 Å². The quantitative estimate of drug-likeness (QED) is 0.355. The molecule has 1 saturated carbocycles. The highest BCUT2D eigenvalue weighted by atomic mass is 32.2. The van der Waals surface area contributed by atoms with Crippen molar-refractivity contribution in [1.29, 1.82) is 0 Å². The van der Waals surface area contributed by atoms with Crippen molar-refractivity contribution < 1.29 is 18.4 Å². The first-order valence-electron chi connectivity index (χ1n) is 6.45. The molecule has 3 N–H and O–H groups in total. The van der Waals surface area contributed by atoms with Gasteiger partial charge >= 0.3 is 0 Å². The van der Waals surface area contributed by atoms with Crippen LogP contribution in [0.4, 0.5) is 0 Å². The fourth-order valence-corrected chi connectivity index (χ4v) is 3.03. The highest BCUT2D eigenvalue weighted by molar-refractivity contribution is 7.91. The third kappa shape index (κ3) is 3.49. The van der Waals surface area contributed by atoms with Crippen LogP contribution in [0.3, 0.4) is 0 Å². The van der Waals surface area contributed by atoms with E-state index < -0.39 is 9.84 Å². The summed E-state index contributed by atoms with van der Waals surface area (Å²) in [7, 11) is -3.42. The van der Waals surface area contributed by atoms with Gasteiger partial charge < -0.3 is 15.7 Å². The summed E-state index contributed by atoms with van der Waals surface area (Å²) < 4.78 is 29.8. The van der Waals surface area contributed by atoms with Crippen molar-refractivity contribution in [3.8, 4) is 0 Å². The van der Waals surface area contributed by atoms with E-state index in [-0.39, 0.29) is 29.2 Å². The second-order valence-electron chi connectivity index (χ2n) is 4.76. The zero-order valence-electron chi connectivity index (χ0n) is 11.0. The Kier molecular flexibility index (Phi) is 4.61. The minimum absolute atomic E-state index is 0.0663. The van der Waals surface area contributed by atoms with E-state index >= 15 is 0 Å². The summed E-state index contributed by atoms with van der Waals surface area (Å²) >= 11 is 0. The zero-order chi connectivity index (χ0) is 14.6. The summed E-state index contributed by atoms with van der Waals surface area (Å²) in [6, 6.07) is 6.03. The fraction of sp³-hybridized carbons (Fsp3) is 0.462. The number of hydrogen-bond acceptors (Lipinski definition) is 5. The van der Waals surface area contributed by atoms with Crippen LogP contribution >= 0.6 is 0 Å². The van der Waals surface area contributed by atoms with Crippen molar-refractivity contribution in [3.63, 3.8) is 0 Å². The van der Waals surface area contributed by atoms with Gasteiger partial charge in [-0.15, -0.1) is 0 Å². The maximum atomic E-state index is 12.2. The Labute approximate surface area is 118 Å². The Bertz CT molecular complexity index is 594. The lowest BCUT2D eigenvalue weighted by Gasteiger charge is -2.25. The van der Waals surface area contributed by atoms with Crippen LogP contribution in [-0.2, 0) is 14.6 Å². The third-order valence-corrected chi connectivity index (χ3v) is 5.03. The maximum Gasteiger partial charge on any atom is 0.180 e. The van der Waals surface area contributed by atoms with Gasteiger partial charge in [-0.2, -0.15) is 0 Å². The molecule has 1 aromatic rings. The van der Waals surface area contributed by atoms with Crippen LogP contribution in [0.2, 0.25) is 0 Å². The molecule has 6 nitrogen and oxygen atoms in total. The average molecular weight is 298 g/mol. The summed E-state index contributed by atoms with van der Waals surface area (Å²) in [5.41, 5.74) is 5.82. The first kappa shape index (κ1) is 14.8. The van der Waals surface area contributed by atoms with Crippen molar-refractivity contribution in [2.24, 2.45) is 10.9 Å². The van der Waals surface area contributed by atoms with Gasteiger partial charge in [0.25, 0.3) is 0 Å². The lowest BCUT2D eigenvalue weighted by molar-refractivity contribution is 0.0110. The first-order valence-corrected chi connectivity index (χ1v) is 8.10. The van der Waals surface area contributed by atoms with Crippen molar-refractivity contribution in [3.05, 3.63) is 29.8 Å². The highest BCUT2D eigenvalue weighted by Crippen LogP contribution is 2.22. The van der Waals surface area contributed by atoms with Crippen LogP contribution in [0, 0.1) is 0 Å². The molecule has 0 aliphatic heterocycles. The summed E-state index contributed by atoms with van der Waals surface area (Å²) in [6.07, 6.45) is 3.39. The van der Waals surface area contributed by atoms with Crippen molar-refractivity contribution in [1.82, 2.24) is 0 Å². The van der Waals surface area contributed by atoms with Gasteiger partial charge in [-0.05, 0) is 31.4 Å². The van der Waals surface area contributed by atoms with E-state index in [0.29, 0.717) is 5.56 Å². The third-order valence-electron chi connectivity index (χ3n) is 3.35. The van der Waals surface area contributed by atoms with Gasteiger partial charge in [0, 0.05) is 5.56 Å². The van der Waals surface area contributed by atoms with E-state index in [2.05, 4.69) is 5.16 Å². The summed E-state index contributed by atoms with van der Waals surface area (Å²) in [5.74, 6) is -0.184. The molecule has 0 amide bonds. The van der Waals surface area contributed by atoms with Crippen LogP contribution < -0.4 is 5.73 Å². The second-order valence-corrected chi connectivity index (χ2v) is 6.86. The van der Waals surface area contributed by atoms with Crippen molar-refractivity contribution in [2.75, 3.05) is 12.4 Å². The van der Waals surface area contributed by atoms with E-state index in [9.17, 15) is 8.42 Å². The zero-order valence-corrected chi connectivity index (χ0v) is 11.8. The Morgan fingerprint density at radius 2 is 2.20 bits per heavy atom. The van der Waals surface area contributed by atoms with Gasteiger partial charge in [0.2, 0.25) is 0 Å². The molecule has 0 unspecified atom stereocenters. The van der Waals surface area contributed by atoms with Crippen LogP contribution in [0.1, 0.15) is 24.8 Å². The van der Waals surface area contributed by atoms with Gasteiger partial charge in [0.15, 0.2) is 15.7 Å². The Balaban J connectivity index is 2.04. The molecule has 7 heteroatoms. The molecule has 0 radical (unpaired) electrons. The number of rotatable bonds is 6. The van der Waals surface area contributed by atoms with E-state index in [1.807, 2.05) is 0 Å². The molecule has 1 aliphatic rings. The molecule has 110 valence electrons. The van der Waals surface area contributed by atoms with Crippen LogP contribution in [-0.4, -0.2) is 37.9 Å². The molecular weight excluding hydrogens is 280 g/mol. The van der Waals surface area contributed by atoms with Gasteiger partial charge in [-0.1, -0.05) is 17.3 Å². The standard InChI is InChI=1S/C13H18N2O4S/c14-13(15-16)10-3-1-6-12(9-10)20(17,18)8-7-19-11-4-2-5-11/h1,3,6,9,11,16H,2,4-5,7-8H2,(H2,14,15). The number of oxime groups is 1. The molecule has 20 heavy (non-hydrogen) atoms. The molecule has 1 aromatic carbocycles. The molecule has 0 bridgehead atoms. The minimum Gasteiger partial charge on any atom is -0.409 e. The predicted molar refractivity (Wildman–Crippen MR) is 74.6 cm³/mol. The predicted octanol–water partition coefficient (Wildman–Crippen LogP) is 1.12. The Hall–Kier alpha value is -1.60. The number of ether oxygens (including phenoxy) is 1. The Morgan fingerprint density at radius 1 is 1.45 bits per heavy atom. The number of nitrogens with two attached hydrogens (primary N) is 1. The number of amidine groups is 1. The molecule has 0 heterocycles. The largest absolute Gasteiger partial charge is 0.409 e. The summed E-state index contributed by atoms with van der Waals surface area (Å²) in [4.78, 5) is 0.152. The molecule has 1 aliphatic carbocycles. The summed E-state index contributed by atoms with van der Waals surface area (Å²) in [6.45, 7) is 0.195. The van der Waals surface area contributed by atoms with Gasteiger partial charge in [0.05, 0.1) is 23.4 Å². The lowest BCUT2D eigenvalue weighted by atomic mass is 9.96. The molecule has 2 rings (SSSR count). The van der Waals surface area contributed by atoms with E-state index in [1.54, 1.807) is 12.1 Å². The first-order chi connectivity index (χ1) is 9.53. The van der Waals surface area contributed by atoms with Crippen LogP contribution in [0.5, 0.6) is 0 Å². The molecule has 0 aromatic heterocycles. The van der Waals surface area contributed by atoms with Crippen LogP contribution in [0.15, 0.2) is 34.3 Å². The summed E-state index contributed by atoms with van der Waals surface area (Å²) in [5, 5.41) is 11.5. The second kappa shape index (κ2) is 6.23. The van der Waals surface area contributed by atoms with Crippen molar-refractivity contribution >= 4 is 15.7 Å². The Morgan fingerprint density at radius 3 is 2.80 bits per heavy atom. The SMILES string of the molecule is N/C(=N/O)c1cccc(S(=O)(=O)CCOC2CCC2)c1. The molecule has 0 spiro atoms. The topological polar surface area (TPSA) is 102 Å². The highest BCUT2D eigenvalue weighted by Gasteiger charge is 2.20. The van der Waals surface area contributed by atoms with E-state index in [4.69, 9.17) is 15.7 Å². The smallest absolute Gasteiger partial charge is 0.180 e. The van der Waals surface area contributed by atoms with Gasteiger partial charge in [0.1, 0.15) is 0 Å². The number of sulfone groups is 1. The molecule has 0 saturated heterocycles. The molecule has 0 atom stereocenters. The van der Waals surface area contributed by atoms with Gasteiger partial charge in [-0.25, -0.2) is 8.42 Å².